The van der Waals surface area contributed by atoms with Crippen LogP contribution in [0.25, 0.3) is 0 Å². The van der Waals surface area contributed by atoms with Crippen LogP contribution in [0.4, 0.5) is 5.82 Å². The fourth-order valence-electron chi connectivity index (χ4n) is 1.54. The highest BCUT2D eigenvalue weighted by atomic mass is 16.5. The molecule has 0 saturated heterocycles. The molecule has 1 rings (SSSR count). The Balaban J connectivity index is 2.59. The highest BCUT2D eigenvalue weighted by Gasteiger charge is 2.24. The van der Waals surface area contributed by atoms with Crippen LogP contribution in [0.5, 0.6) is 0 Å². The van der Waals surface area contributed by atoms with Gasteiger partial charge in [-0.3, -0.25) is 9.59 Å². The molecule has 0 aliphatic rings. The standard InChI is InChI=1S/C15H25N5O3/c1-15(2,3)14(22)20-12-11(17-7-8-18-12)13(21)19-6-5-16-9-10-23-4/h7-8,16H,5-6,9-10H2,1-4H3,(H,19,21)(H,18,20,22). The monoisotopic (exact) mass is 323 g/mol. The second-order valence-corrected chi connectivity index (χ2v) is 5.96. The molecule has 0 spiro atoms. The number of amides is 2. The first-order chi connectivity index (χ1) is 10.9. The van der Waals surface area contributed by atoms with Crippen molar-refractivity contribution in [3.05, 3.63) is 18.1 Å². The maximum atomic E-state index is 12.2. The normalized spacial score (nSPS) is 11.1. The molecule has 128 valence electrons. The first-order valence-electron chi connectivity index (χ1n) is 7.46. The second-order valence-electron chi connectivity index (χ2n) is 5.96. The molecule has 0 unspecified atom stereocenters. The molecule has 0 radical (unpaired) electrons. The lowest BCUT2D eigenvalue weighted by Crippen LogP contribution is -2.35. The van der Waals surface area contributed by atoms with Crippen LogP contribution < -0.4 is 16.0 Å². The molecular weight excluding hydrogens is 298 g/mol. The Morgan fingerprint density at radius 3 is 2.48 bits per heavy atom. The number of nitrogens with one attached hydrogen (secondary N) is 3. The van der Waals surface area contributed by atoms with Crippen LogP contribution >= 0.6 is 0 Å². The van der Waals surface area contributed by atoms with Crippen molar-refractivity contribution >= 4 is 17.6 Å². The van der Waals surface area contributed by atoms with Crippen LogP contribution in [-0.2, 0) is 9.53 Å². The van der Waals surface area contributed by atoms with Gasteiger partial charge in [-0.1, -0.05) is 20.8 Å². The molecule has 3 N–H and O–H groups in total. The van der Waals surface area contributed by atoms with Crippen LogP contribution in [0.1, 0.15) is 31.3 Å². The minimum atomic E-state index is -0.587. The molecule has 23 heavy (non-hydrogen) atoms. The topological polar surface area (TPSA) is 105 Å². The highest BCUT2D eigenvalue weighted by Crippen LogP contribution is 2.17. The quantitative estimate of drug-likeness (QED) is 0.599. The SMILES string of the molecule is COCCNCCNC(=O)c1nccnc1NC(=O)C(C)(C)C. The van der Waals surface area contributed by atoms with E-state index < -0.39 is 5.41 Å². The molecular formula is C15H25N5O3. The third-order valence-corrected chi connectivity index (χ3v) is 2.90. The average Bonchev–Trinajstić information content (AvgIpc) is 2.50. The van der Waals surface area contributed by atoms with Gasteiger partial charge in [0.15, 0.2) is 11.5 Å². The van der Waals surface area contributed by atoms with Crippen molar-refractivity contribution in [1.82, 2.24) is 20.6 Å². The summed E-state index contributed by atoms with van der Waals surface area (Å²) >= 11 is 0. The number of hydrogen-bond acceptors (Lipinski definition) is 6. The van der Waals surface area contributed by atoms with Crippen molar-refractivity contribution in [3.63, 3.8) is 0 Å². The van der Waals surface area contributed by atoms with Gasteiger partial charge in [0, 0.05) is 44.6 Å². The Morgan fingerprint density at radius 1 is 1.13 bits per heavy atom. The summed E-state index contributed by atoms with van der Waals surface area (Å²) in [6.45, 7) is 7.72. The van der Waals surface area contributed by atoms with Gasteiger partial charge in [0.2, 0.25) is 5.91 Å². The molecule has 0 aromatic carbocycles. The Hall–Kier alpha value is -2.06. The molecule has 0 aliphatic heterocycles. The lowest BCUT2D eigenvalue weighted by molar-refractivity contribution is -0.123. The van der Waals surface area contributed by atoms with E-state index in [1.54, 1.807) is 27.9 Å². The number of aromatic nitrogens is 2. The lowest BCUT2D eigenvalue weighted by Gasteiger charge is -2.18. The van der Waals surface area contributed by atoms with Gasteiger partial charge in [0.25, 0.3) is 5.91 Å². The minimum absolute atomic E-state index is 0.0991. The maximum Gasteiger partial charge on any atom is 0.273 e. The van der Waals surface area contributed by atoms with E-state index in [0.717, 1.165) is 0 Å². The Bertz CT molecular complexity index is 528. The van der Waals surface area contributed by atoms with E-state index in [-0.39, 0.29) is 23.3 Å². The molecule has 0 bridgehead atoms. The van der Waals surface area contributed by atoms with Crippen LogP contribution in [-0.4, -0.2) is 55.1 Å². The van der Waals surface area contributed by atoms with E-state index in [1.807, 2.05) is 0 Å². The first kappa shape index (κ1) is 19.0. The number of rotatable bonds is 8. The minimum Gasteiger partial charge on any atom is -0.383 e. The summed E-state index contributed by atoms with van der Waals surface area (Å²) in [7, 11) is 1.63. The Labute approximate surface area is 136 Å². The average molecular weight is 323 g/mol. The second kappa shape index (κ2) is 9.16. The number of anilines is 1. The van der Waals surface area contributed by atoms with E-state index in [4.69, 9.17) is 4.74 Å². The van der Waals surface area contributed by atoms with Crippen molar-refractivity contribution in [2.24, 2.45) is 5.41 Å². The predicted molar refractivity (Wildman–Crippen MR) is 87.2 cm³/mol. The van der Waals surface area contributed by atoms with Crippen molar-refractivity contribution < 1.29 is 14.3 Å². The van der Waals surface area contributed by atoms with Gasteiger partial charge in [-0.25, -0.2) is 9.97 Å². The third kappa shape index (κ3) is 6.70. The summed E-state index contributed by atoms with van der Waals surface area (Å²) in [4.78, 5) is 32.3. The van der Waals surface area contributed by atoms with E-state index in [2.05, 4.69) is 25.9 Å². The molecule has 8 nitrogen and oxygen atoms in total. The van der Waals surface area contributed by atoms with Gasteiger partial charge in [-0.2, -0.15) is 0 Å². The molecule has 0 atom stereocenters. The zero-order valence-corrected chi connectivity index (χ0v) is 14.1. The highest BCUT2D eigenvalue weighted by molar-refractivity contribution is 6.02. The van der Waals surface area contributed by atoms with Crippen molar-refractivity contribution in [3.8, 4) is 0 Å². The van der Waals surface area contributed by atoms with Gasteiger partial charge >= 0.3 is 0 Å². The van der Waals surface area contributed by atoms with Crippen molar-refractivity contribution in [1.29, 1.82) is 0 Å². The van der Waals surface area contributed by atoms with E-state index in [9.17, 15) is 9.59 Å². The summed E-state index contributed by atoms with van der Waals surface area (Å²) in [5, 5.41) is 8.49. The fourth-order valence-corrected chi connectivity index (χ4v) is 1.54. The molecule has 0 saturated carbocycles. The summed E-state index contributed by atoms with van der Waals surface area (Å²) in [6.07, 6.45) is 2.85. The van der Waals surface area contributed by atoms with E-state index in [0.29, 0.717) is 26.2 Å². The van der Waals surface area contributed by atoms with Gasteiger partial charge in [-0.05, 0) is 0 Å². The molecule has 1 heterocycles. The van der Waals surface area contributed by atoms with Gasteiger partial charge < -0.3 is 20.7 Å². The van der Waals surface area contributed by atoms with Crippen molar-refractivity contribution in [2.75, 3.05) is 38.7 Å². The molecule has 0 aliphatic carbocycles. The van der Waals surface area contributed by atoms with Crippen molar-refractivity contribution in [2.45, 2.75) is 20.8 Å². The van der Waals surface area contributed by atoms with Crippen LogP contribution in [0.3, 0.4) is 0 Å². The number of hydrogen-bond donors (Lipinski definition) is 3. The summed E-state index contributed by atoms with van der Waals surface area (Å²) < 4.78 is 4.91. The maximum absolute atomic E-state index is 12.2. The largest absolute Gasteiger partial charge is 0.383 e. The number of methoxy groups -OCH3 is 1. The molecule has 0 fully saturated rings. The van der Waals surface area contributed by atoms with E-state index in [1.165, 1.54) is 12.4 Å². The zero-order valence-electron chi connectivity index (χ0n) is 14.1. The summed E-state index contributed by atoms with van der Waals surface area (Å²) in [6, 6.07) is 0. The fraction of sp³-hybridized carbons (Fsp3) is 0.600. The Kier molecular flexibility index (Phi) is 7.56. The number of ether oxygens (including phenoxy) is 1. The summed E-state index contributed by atoms with van der Waals surface area (Å²) in [5.74, 6) is -0.443. The smallest absolute Gasteiger partial charge is 0.273 e. The lowest BCUT2D eigenvalue weighted by atomic mass is 9.96. The number of carbonyl (C=O) groups excluding carboxylic acids is 2. The summed E-state index contributed by atoms with van der Waals surface area (Å²) in [5.41, 5.74) is -0.488. The van der Waals surface area contributed by atoms with Crippen LogP contribution in [0, 0.1) is 5.41 Å². The Morgan fingerprint density at radius 2 is 1.83 bits per heavy atom. The zero-order chi connectivity index (χ0) is 17.3. The third-order valence-electron chi connectivity index (χ3n) is 2.90. The van der Waals surface area contributed by atoms with Gasteiger partial charge in [0.1, 0.15) is 0 Å². The molecule has 1 aromatic rings. The van der Waals surface area contributed by atoms with Crippen LogP contribution in [0.2, 0.25) is 0 Å². The van der Waals surface area contributed by atoms with Gasteiger partial charge in [0.05, 0.1) is 6.61 Å². The molecule has 1 aromatic heterocycles. The number of nitrogens with zero attached hydrogens (tertiary/aromatic N) is 2. The molecule has 8 heteroatoms. The van der Waals surface area contributed by atoms with Gasteiger partial charge in [-0.15, -0.1) is 0 Å². The predicted octanol–water partition coefficient (Wildman–Crippen LogP) is 0.427. The van der Waals surface area contributed by atoms with E-state index >= 15 is 0 Å². The number of carbonyl (C=O) groups is 2. The van der Waals surface area contributed by atoms with Crippen LogP contribution in [0.15, 0.2) is 12.4 Å². The molecule has 2 amide bonds. The first-order valence-corrected chi connectivity index (χ1v) is 7.46.